The lowest BCUT2D eigenvalue weighted by atomic mass is 10.1. The Morgan fingerprint density at radius 1 is 1.41 bits per heavy atom. The number of benzene rings is 1. The number of hydrogen-bond donors (Lipinski definition) is 0. The van der Waals surface area contributed by atoms with Crippen LogP contribution in [0.3, 0.4) is 0 Å². The van der Waals surface area contributed by atoms with Crippen LogP contribution in [0.1, 0.15) is 12.0 Å². The molecule has 0 spiro atoms. The molecule has 0 amide bonds. The van der Waals surface area contributed by atoms with Crippen molar-refractivity contribution in [3.05, 3.63) is 29.1 Å². The average Bonchev–Trinajstić information content (AvgIpc) is 2.96. The van der Waals surface area contributed by atoms with Gasteiger partial charge in [-0.2, -0.15) is 5.26 Å². The zero-order valence-electron chi connectivity index (χ0n) is 9.19. The van der Waals surface area contributed by atoms with Crippen LogP contribution in [0, 0.1) is 11.3 Å². The number of nitrogens with zero attached hydrogens (tertiary/aromatic N) is 2. The lowest BCUT2D eigenvalue weighted by Gasteiger charge is -2.18. The smallest absolute Gasteiger partial charge is 0.119 e. The summed E-state index contributed by atoms with van der Waals surface area (Å²) in [5.41, 5.74) is 1.76. The number of hydrogen-bond acceptors (Lipinski definition) is 3. The summed E-state index contributed by atoms with van der Waals surface area (Å²) in [6.07, 6.45) is -0.120. The number of halogens is 1. The van der Waals surface area contributed by atoms with Gasteiger partial charge in [0.05, 0.1) is 10.3 Å². The first-order valence-corrected chi connectivity index (χ1v) is 6.47. The molecule has 1 fully saturated rings. The minimum Gasteiger partial charge on any atom is -0.368 e. The van der Waals surface area contributed by atoms with Gasteiger partial charge in [0.15, 0.2) is 0 Å². The van der Waals surface area contributed by atoms with Crippen molar-refractivity contribution in [2.45, 2.75) is 12.6 Å². The lowest BCUT2D eigenvalue weighted by molar-refractivity contribution is 0.364. The van der Waals surface area contributed by atoms with Gasteiger partial charge in [-0.15, -0.1) is 11.3 Å². The van der Waals surface area contributed by atoms with E-state index in [4.69, 9.17) is 5.26 Å². The molecule has 1 saturated heterocycles. The maximum Gasteiger partial charge on any atom is 0.119 e. The first-order chi connectivity index (χ1) is 8.29. The number of nitriles is 1. The second-order valence-electron chi connectivity index (χ2n) is 4.24. The molecule has 1 aromatic carbocycles. The molecule has 1 aliphatic heterocycles. The summed E-state index contributed by atoms with van der Waals surface area (Å²) in [6, 6.07) is 7.99. The topological polar surface area (TPSA) is 27.0 Å². The van der Waals surface area contributed by atoms with Gasteiger partial charge in [0, 0.05) is 24.2 Å². The molecule has 1 atom stereocenters. The van der Waals surface area contributed by atoms with Crippen LogP contribution in [-0.4, -0.2) is 19.3 Å². The summed E-state index contributed by atoms with van der Waals surface area (Å²) in [7, 11) is 0. The average molecular weight is 246 g/mol. The van der Waals surface area contributed by atoms with Crippen molar-refractivity contribution in [2.24, 2.45) is 0 Å². The molecule has 1 aliphatic rings. The Balaban J connectivity index is 2.12. The Morgan fingerprint density at radius 2 is 2.29 bits per heavy atom. The third-order valence-electron chi connectivity index (χ3n) is 3.19. The molecule has 2 heterocycles. The van der Waals surface area contributed by atoms with E-state index in [1.165, 1.54) is 0 Å². The van der Waals surface area contributed by atoms with Crippen LogP contribution >= 0.6 is 11.3 Å². The molecule has 1 unspecified atom stereocenters. The normalized spacial score (nSPS) is 19.8. The van der Waals surface area contributed by atoms with Crippen molar-refractivity contribution in [3.63, 3.8) is 0 Å². The van der Waals surface area contributed by atoms with Gasteiger partial charge in [0.25, 0.3) is 0 Å². The molecule has 17 heavy (non-hydrogen) atoms. The minimum atomic E-state index is -0.723. The summed E-state index contributed by atoms with van der Waals surface area (Å²) in [5, 5.41) is 12.1. The van der Waals surface area contributed by atoms with E-state index in [1.54, 1.807) is 11.3 Å². The van der Waals surface area contributed by atoms with Gasteiger partial charge in [-0.25, -0.2) is 4.39 Å². The van der Waals surface area contributed by atoms with Crippen molar-refractivity contribution in [2.75, 3.05) is 18.0 Å². The van der Waals surface area contributed by atoms with Gasteiger partial charge in [-0.3, -0.25) is 0 Å². The van der Waals surface area contributed by atoms with Crippen molar-refractivity contribution in [1.82, 2.24) is 0 Å². The maximum atomic E-state index is 13.2. The first kappa shape index (κ1) is 10.5. The number of anilines is 1. The fourth-order valence-corrected chi connectivity index (χ4v) is 3.23. The van der Waals surface area contributed by atoms with E-state index in [1.807, 2.05) is 23.6 Å². The standard InChI is InChI=1S/C13H11FN2S/c14-10-3-5-16(8-10)12-2-1-9(7-15)13-11(12)4-6-17-13/h1-2,4,6,10H,3,5,8H2. The molecule has 4 heteroatoms. The largest absolute Gasteiger partial charge is 0.368 e. The Morgan fingerprint density at radius 3 is 3.00 bits per heavy atom. The first-order valence-electron chi connectivity index (χ1n) is 5.59. The zero-order chi connectivity index (χ0) is 11.8. The zero-order valence-corrected chi connectivity index (χ0v) is 10.0. The summed E-state index contributed by atoms with van der Waals surface area (Å²) >= 11 is 1.57. The fraction of sp³-hybridized carbons (Fsp3) is 0.308. The summed E-state index contributed by atoms with van der Waals surface area (Å²) in [6.45, 7) is 1.23. The number of thiophene rings is 1. The number of fused-ring (bicyclic) bond motifs is 1. The molecule has 0 aliphatic carbocycles. The Bertz CT molecular complexity index is 599. The molecular formula is C13H11FN2S. The van der Waals surface area contributed by atoms with E-state index in [0.29, 0.717) is 18.5 Å². The second kappa shape index (κ2) is 4.01. The van der Waals surface area contributed by atoms with E-state index >= 15 is 0 Å². The van der Waals surface area contributed by atoms with Gasteiger partial charge in [0.1, 0.15) is 12.2 Å². The molecule has 3 rings (SSSR count). The van der Waals surface area contributed by atoms with Gasteiger partial charge in [-0.1, -0.05) is 0 Å². The highest BCUT2D eigenvalue weighted by molar-refractivity contribution is 7.17. The molecule has 0 saturated carbocycles. The molecular weight excluding hydrogens is 235 g/mol. The lowest BCUT2D eigenvalue weighted by Crippen LogP contribution is -2.19. The van der Waals surface area contributed by atoms with Crippen molar-refractivity contribution in [1.29, 1.82) is 5.26 Å². The van der Waals surface area contributed by atoms with Gasteiger partial charge >= 0.3 is 0 Å². The predicted molar refractivity (Wildman–Crippen MR) is 68.3 cm³/mol. The van der Waals surface area contributed by atoms with Crippen LogP contribution in [0.15, 0.2) is 23.6 Å². The van der Waals surface area contributed by atoms with Crippen molar-refractivity contribution < 1.29 is 4.39 Å². The number of alkyl halides is 1. The summed E-state index contributed by atoms with van der Waals surface area (Å²) in [4.78, 5) is 2.07. The van der Waals surface area contributed by atoms with Crippen LogP contribution < -0.4 is 4.90 Å². The molecule has 2 aromatic rings. The van der Waals surface area contributed by atoms with Crippen LogP contribution in [0.5, 0.6) is 0 Å². The van der Waals surface area contributed by atoms with Crippen molar-refractivity contribution in [3.8, 4) is 6.07 Å². The monoisotopic (exact) mass is 246 g/mol. The fourth-order valence-electron chi connectivity index (χ4n) is 2.35. The van der Waals surface area contributed by atoms with Crippen LogP contribution in [0.2, 0.25) is 0 Å². The predicted octanol–water partition coefficient (Wildman–Crippen LogP) is 3.32. The molecule has 0 radical (unpaired) electrons. The van der Waals surface area contributed by atoms with E-state index in [-0.39, 0.29) is 0 Å². The molecule has 1 aromatic heterocycles. The minimum absolute atomic E-state index is 0.469. The van der Waals surface area contributed by atoms with E-state index in [2.05, 4.69) is 11.0 Å². The molecule has 0 N–H and O–H groups in total. The number of rotatable bonds is 1. The third-order valence-corrected chi connectivity index (χ3v) is 4.13. The van der Waals surface area contributed by atoms with Crippen LogP contribution in [0.4, 0.5) is 10.1 Å². The highest BCUT2D eigenvalue weighted by Gasteiger charge is 2.23. The highest BCUT2D eigenvalue weighted by atomic mass is 32.1. The summed E-state index contributed by atoms with van der Waals surface area (Å²) in [5.74, 6) is 0. The Labute approximate surface area is 103 Å². The van der Waals surface area contributed by atoms with Crippen LogP contribution in [0.25, 0.3) is 10.1 Å². The Kier molecular flexibility index (Phi) is 2.49. The molecule has 0 bridgehead atoms. The van der Waals surface area contributed by atoms with Gasteiger partial charge in [-0.05, 0) is 30.0 Å². The Hall–Kier alpha value is -1.60. The second-order valence-corrected chi connectivity index (χ2v) is 5.16. The highest BCUT2D eigenvalue weighted by Crippen LogP contribution is 2.34. The quantitative estimate of drug-likeness (QED) is 0.771. The van der Waals surface area contributed by atoms with E-state index in [0.717, 1.165) is 22.3 Å². The van der Waals surface area contributed by atoms with Gasteiger partial charge < -0.3 is 4.90 Å². The van der Waals surface area contributed by atoms with E-state index < -0.39 is 6.17 Å². The van der Waals surface area contributed by atoms with E-state index in [9.17, 15) is 4.39 Å². The SMILES string of the molecule is N#Cc1ccc(N2CCC(F)C2)c2ccsc12. The molecule has 86 valence electrons. The molecule has 2 nitrogen and oxygen atoms in total. The third kappa shape index (κ3) is 1.67. The summed E-state index contributed by atoms with van der Waals surface area (Å²) < 4.78 is 14.2. The van der Waals surface area contributed by atoms with Crippen LogP contribution in [-0.2, 0) is 0 Å². The van der Waals surface area contributed by atoms with Crippen molar-refractivity contribution >= 4 is 27.1 Å². The maximum absolute atomic E-state index is 13.2. The van der Waals surface area contributed by atoms with Gasteiger partial charge in [0.2, 0.25) is 0 Å².